The minimum Gasteiger partial charge on any atom is -0.322 e. The first-order valence-electron chi connectivity index (χ1n) is 8.06. The summed E-state index contributed by atoms with van der Waals surface area (Å²) in [5.74, 6) is -0.504. The molecule has 5 heteroatoms. The van der Waals surface area contributed by atoms with Gasteiger partial charge in [-0.25, -0.2) is 0 Å². The van der Waals surface area contributed by atoms with E-state index in [-0.39, 0.29) is 11.8 Å². The summed E-state index contributed by atoms with van der Waals surface area (Å²) in [5.41, 5.74) is 3.28. The molecule has 0 aliphatic rings. The molecule has 0 aromatic heterocycles. The van der Waals surface area contributed by atoms with Crippen LogP contribution in [0, 0.1) is 6.92 Å². The molecule has 0 spiro atoms. The number of nitrogens with one attached hydrogen (secondary N) is 2. The first-order valence-corrected chi connectivity index (χ1v) is 8.44. The molecule has 3 aromatic rings. The van der Waals surface area contributed by atoms with Crippen LogP contribution in [0.25, 0.3) is 0 Å². The van der Waals surface area contributed by atoms with Gasteiger partial charge in [-0.05, 0) is 67.1 Å². The number of hydrogen-bond acceptors (Lipinski definition) is 2. The summed E-state index contributed by atoms with van der Waals surface area (Å²) in [6.45, 7) is 1.96. The van der Waals surface area contributed by atoms with Gasteiger partial charge in [0.2, 0.25) is 0 Å². The quantitative estimate of drug-likeness (QED) is 0.672. The van der Waals surface area contributed by atoms with Crippen molar-refractivity contribution in [2.24, 2.45) is 0 Å². The van der Waals surface area contributed by atoms with Crippen LogP contribution in [0.2, 0.25) is 5.02 Å². The van der Waals surface area contributed by atoms with E-state index in [9.17, 15) is 9.59 Å². The molecule has 2 amide bonds. The number of anilines is 2. The molecular weight excluding hydrogens is 348 g/mol. The van der Waals surface area contributed by atoms with E-state index in [1.54, 1.807) is 48.5 Å². The molecule has 0 unspecified atom stereocenters. The van der Waals surface area contributed by atoms with Crippen molar-refractivity contribution in [2.75, 3.05) is 10.6 Å². The van der Waals surface area contributed by atoms with Crippen LogP contribution in [0.15, 0.2) is 72.8 Å². The maximum atomic E-state index is 12.4. The second-order valence-electron chi connectivity index (χ2n) is 5.87. The molecule has 4 nitrogen and oxygen atoms in total. The Kier molecular flexibility index (Phi) is 5.34. The Bertz CT molecular complexity index is 952. The third-order valence-electron chi connectivity index (χ3n) is 3.76. The van der Waals surface area contributed by atoms with Crippen LogP contribution in [0.1, 0.15) is 26.3 Å². The molecule has 130 valence electrons. The molecule has 0 heterocycles. The number of amides is 2. The number of benzene rings is 3. The molecule has 0 saturated heterocycles. The van der Waals surface area contributed by atoms with Crippen LogP contribution in [0.4, 0.5) is 11.4 Å². The summed E-state index contributed by atoms with van der Waals surface area (Å²) in [7, 11) is 0. The highest BCUT2D eigenvalue weighted by Gasteiger charge is 2.10. The van der Waals surface area contributed by atoms with Gasteiger partial charge in [0.25, 0.3) is 11.8 Å². The van der Waals surface area contributed by atoms with Crippen molar-refractivity contribution in [3.8, 4) is 0 Å². The molecule has 0 fully saturated rings. The number of carbonyl (C=O) groups is 2. The van der Waals surface area contributed by atoms with Gasteiger partial charge in [0.1, 0.15) is 0 Å². The number of rotatable bonds is 4. The molecule has 0 aliphatic carbocycles. The van der Waals surface area contributed by atoms with Crippen molar-refractivity contribution in [3.63, 3.8) is 0 Å². The van der Waals surface area contributed by atoms with Crippen molar-refractivity contribution in [1.29, 1.82) is 0 Å². The van der Waals surface area contributed by atoms with Gasteiger partial charge in [-0.3, -0.25) is 9.59 Å². The summed E-state index contributed by atoms with van der Waals surface area (Å²) in [4.78, 5) is 24.7. The SMILES string of the molecule is Cc1cccc(NC(=O)c2cccc(NC(=O)c3ccc(Cl)cc3)c2)c1. The van der Waals surface area contributed by atoms with Gasteiger partial charge in [0, 0.05) is 27.5 Å². The Labute approximate surface area is 156 Å². The number of aryl methyl sites for hydroxylation is 1. The lowest BCUT2D eigenvalue weighted by molar-refractivity contribution is 0.101. The van der Waals surface area contributed by atoms with Crippen molar-refractivity contribution < 1.29 is 9.59 Å². The molecule has 3 aromatic carbocycles. The molecular formula is C21H17ClN2O2. The standard InChI is InChI=1S/C21H17ClN2O2/c1-14-4-2-6-18(12-14)23-21(26)16-5-3-7-19(13-16)24-20(25)15-8-10-17(22)11-9-15/h2-13H,1H3,(H,23,26)(H,24,25). The van der Waals surface area contributed by atoms with E-state index in [1.165, 1.54) is 0 Å². The lowest BCUT2D eigenvalue weighted by Gasteiger charge is -2.09. The average Bonchev–Trinajstić information content (AvgIpc) is 2.62. The van der Waals surface area contributed by atoms with Gasteiger partial charge in [-0.15, -0.1) is 0 Å². The zero-order chi connectivity index (χ0) is 18.5. The fourth-order valence-corrected chi connectivity index (χ4v) is 2.59. The van der Waals surface area contributed by atoms with Crippen LogP contribution in [-0.2, 0) is 0 Å². The fraction of sp³-hybridized carbons (Fsp3) is 0.0476. The van der Waals surface area contributed by atoms with Crippen LogP contribution in [0.3, 0.4) is 0 Å². The van der Waals surface area contributed by atoms with Crippen LogP contribution in [0.5, 0.6) is 0 Å². The first-order chi connectivity index (χ1) is 12.5. The summed E-state index contributed by atoms with van der Waals surface area (Å²) in [6, 6.07) is 21.0. The number of carbonyl (C=O) groups excluding carboxylic acids is 2. The highest BCUT2D eigenvalue weighted by atomic mass is 35.5. The van der Waals surface area contributed by atoms with Gasteiger partial charge in [-0.1, -0.05) is 29.8 Å². The minimum atomic E-state index is -0.266. The highest BCUT2D eigenvalue weighted by molar-refractivity contribution is 6.30. The Morgan fingerprint density at radius 3 is 1.96 bits per heavy atom. The fourth-order valence-electron chi connectivity index (χ4n) is 2.47. The Balaban J connectivity index is 1.72. The monoisotopic (exact) mass is 364 g/mol. The highest BCUT2D eigenvalue weighted by Crippen LogP contribution is 2.16. The maximum absolute atomic E-state index is 12.4. The van der Waals surface area contributed by atoms with Crippen molar-refractivity contribution in [2.45, 2.75) is 6.92 Å². The smallest absolute Gasteiger partial charge is 0.255 e. The van der Waals surface area contributed by atoms with Crippen LogP contribution >= 0.6 is 11.6 Å². The average molecular weight is 365 g/mol. The van der Waals surface area contributed by atoms with Gasteiger partial charge in [0.15, 0.2) is 0 Å². The normalized spacial score (nSPS) is 10.2. The summed E-state index contributed by atoms with van der Waals surface area (Å²) < 4.78 is 0. The molecule has 0 aliphatic heterocycles. The summed E-state index contributed by atoms with van der Waals surface area (Å²) in [5, 5.41) is 6.20. The maximum Gasteiger partial charge on any atom is 0.255 e. The van der Waals surface area contributed by atoms with E-state index in [0.717, 1.165) is 11.3 Å². The third kappa shape index (κ3) is 4.49. The lowest BCUT2D eigenvalue weighted by Crippen LogP contribution is -2.14. The largest absolute Gasteiger partial charge is 0.322 e. The molecule has 2 N–H and O–H groups in total. The van der Waals surface area contributed by atoms with Crippen molar-refractivity contribution >= 4 is 34.8 Å². The van der Waals surface area contributed by atoms with Gasteiger partial charge in [0.05, 0.1) is 0 Å². The molecule has 0 bridgehead atoms. The topological polar surface area (TPSA) is 58.2 Å². The zero-order valence-electron chi connectivity index (χ0n) is 14.1. The number of hydrogen-bond donors (Lipinski definition) is 2. The Morgan fingerprint density at radius 2 is 1.31 bits per heavy atom. The Morgan fingerprint density at radius 1 is 0.731 bits per heavy atom. The van der Waals surface area contributed by atoms with E-state index in [1.807, 2.05) is 31.2 Å². The molecule has 26 heavy (non-hydrogen) atoms. The lowest BCUT2D eigenvalue weighted by atomic mass is 10.1. The third-order valence-corrected chi connectivity index (χ3v) is 4.02. The van der Waals surface area contributed by atoms with Crippen molar-refractivity contribution in [3.05, 3.63) is 94.5 Å². The Hall–Kier alpha value is -3.11. The molecule has 3 rings (SSSR count). The van der Waals surface area contributed by atoms with Crippen LogP contribution in [-0.4, -0.2) is 11.8 Å². The van der Waals surface area contributed by atoms with E-state index < -0.39 is 0 Å². The zero-order valence-corrected chi connectivity index (χ0v) is 14.9. The van der Waals surface area contributed by atoms with E-state index in [0.29, 0.717) is 21.8 Å². The second-order valence-corrected chi connectivity index (χ2v) is 6.30. The predicted molar refractivity (Wildman–Crippen MR) is 105 cm³/mol. The van der Waals surface area contributed by atoms with Gasteiger partial charge >= 0.3 is 0 Å². The number of halogens is 1. The second kappa shape index (κ2) is 7.85. The molecule has 0 saturated carbocycles. The van der Waals surface area contributed by atoms with E-state index in [4.69, 9.17) is 11.6 Å². The summed E-state index contributed by atoms with van der Waals surface area (Å²) in [6.07, 6.45) is 0. The first kappa shape index (κ1) is 17.7. The molecule has 0 atom stereocenters. The van der Waals surface area contributed by atoms with Gasteiger partial charge < -0.3 is 10.6 Å². The van der Waals surface area contributed by atoms with Crippen molar-refractivity contribution in [1.82, 2.24) is 0 Å². The minimum absolute atomic E-state index is 0.238. The summed E-state index contributed by atoms with van der Waals surface area (Å²) >= 11 is 5.83. The van der Waals surface area contributed by atoms with Gasteiger partial charge in [-0.2, -0.15) is 0 Å². The molecule has 0 radical (unpaired) electrons. The van der Waals surface area contributed by atoms with E-state index in [2.05, 4.69) is 10.6 Å². The van der Waals surface area contributed by atoms with Crippen LogP contribution < -0.4 is 10.6 Å². The van der Waals surface area contributed by atoms with E-state index >= 15 is 0 Å². The predicted octanol–water partition coefficient (Wildman–Crippen LogP) is 5.15.